The zero-order chi connectivity index (χ0) is 11.1. The number of hydrogen-bond acceptors (Lipinski definition) is 3. The maximum Gasteiger partial charge on any atom is 0.223 e. The molecule has 0 bridgehead atoms. The summed E-state index contributed by atoms with van der Waals surface area (Å²) in [7, 11) is 0. The Morgan fingerprint density at radius 2 is 2.14 bits per heavy atom. The lowest BCUT2D eigenvalue weighted by Crippen LogP contribution is -2.36. The molecule has 0 aromatic rings. The van der Waals surface area contributed by atoms with Gasteiger partial charge in [0, 0.05) is 12.8 Å². The fourth-order valence-corrected chi connectivity index (χ4v) is 1.31. The zero-order valence-corrected chi connectivity index (χ0v) is 8.95. The van der Waals surface area contributed by atoms with Crippen molar-refractivity contribution in [2.45, 2.75) is 39.7 Å². The Morgan fingerprint density at radius 1 is 1.57 bits per heavy atom. The molecule has 1 rings (SSSR count). The number of amides is 1. The zero-order valence-electron chi connectivity index (χ0n) is 8.95. The lowest BCUT2D eigenvalue weighted by Gasteiger charge is -2.17. The van der Waals surface area contributed by atoms with Crippen LogP contribution in [0.2, 0.25) is 0 Å². The van der Waals surface area contributed by atoms with Crippen LogP contribution < -0.4 is 0 Å². The smallest absolute Gasteiger partial charge is 0.223 e. The minimum absolute atomic E-state index is 0.0334. The molecule has 0 N–H and O–H groups in total. The Hall–Kier alpha value is -1.19. The molecule has 1 saturated heterocycles. The van der Waals surface area contributed by atoms with Crippen molar-refractivity contribution in [2.75, 3.05) is 6.54 Å². The number of nitrogens with zero attached hydrogens (tertiary/aromatic N) is 1. The van der Waals surface area contributed by atoms with Gasteiger partial charge < -0.3 is 9.69 Å². The molecule has 1 aliphatic rings. The Morgan fingerprint density at radius 3 is 2.57 bits per heavy atom. The summed E-state index contributed by atoms with van der Waals surface area (Å²) in [4.78, 5) is 33.8. The third-order valence-corrected chi connectivity index (χ3v) is 1.96. The second kappa shape index (κ2) is 6.29. The van der Waals surface area contributed by atoms with Crippen LogP contribution in [0.3, 0.4) is 0 Å². The number of hydrogen-bond donors (Lipinski definition) is 0. The molecule has 0 unspecified atom stereocenters. The summed E-state index contributed by atoms with van der Waals surface area (Å²) in [5.41, 5.74) is 0. The maximum atomic E-state index is 11.1. The van der Waals surface area contributed by atoms with Crippen LogP contribution in [0.1, 0.15) is 33.6 Å². The van der Waals surface area contributed by atoms with Gasteiger partial charge in [0.15, 0.2) is 5.78 Å². The third kappa shape index (κ3) is 2.94. The Bertz CT molecular complexity index is 225. The number of Topliss-reactive ketones (excluding diaryl/α,β-unsaturated/α-hetero) is 1. The van der Waals surface area contributed by atoms with Crippen LogP contribution in [0.15, 0.2) is 0 Å². The van der Waals surface area contributed by atoms with Crippen molar-refractivity contribution >= 4 is 18.0 Å². The largest absolute Gasteiger partial charge is 0.325 e. The molecular weight excluding hydrogens is 182 g/mol. The van der Waals surface area contributed by atoms with Gasteiger partial charge in [0.2, 0.25) is 5.91 Å². The molecule has 4 nitrogen and oxygen atoms in total. The molecular formula is C10H17NO3. The quantitative estimate of drug-likeness (QED) is 0.618. The normalized spacial score (nSPS) is 20.1. The summed E-state index contributed by atoms with van der Waals surface area (Å²) in [5, 5.41) is 0. The second-order valence-electron chi connectivity index (χ2n) is 2.82. The number of likely N-dealkylation sites (tertiary alicyclic amines) is 1. The van der Waals surface area contributed by atoms with Crippen molar-refractivity contribution in [1.29, 1.82) is 0 Å². The molecule has 0 aliphatic carbocycles. The second-order valence-corrected chi connectivity index (χ2v) is 2.82. The van der Waals surface area contributed by atoms with Gasteiger partial charge in [0.05, 0.1) is 12.6 Å². The van der Waals surface area contributed by atoms with E-state index in [1.165, 1.54) is 4.90 Å². The highest BCUT2D eigenvalue weighted by atomic mass is 16.2. The molecule has 1 atom stereocenters. The Kier molecular flexibility index (Phi) is 5.76. The fourth-order valence-electron chi connectivity index (χ4n) is 1.31. The topological polar surface area (TPSA) is 54.5 Å². The van der Waals surface area contributed by atoms with Gasteiger partial charge in [-0.3, -0.25) is 9.59 Å². The minimum atomic E-state index is -0.509. The van der Waals surface area contributed by atoms with E-state index in [0.717, 1.165) is 0 Å². The van der Waals surface area contributed by atoms with Crippen LogP contribution in [-0.4, -0.2) is 35.5 Å². The number of carbonyl (C=O) groups excluding carboxylic acids is 3. The molecule has 0 aromatic carbocycles. The van der Waals surface area contributed by atoms with Crippen LogP contribution in [0.4, 0.5) is 0 Å². The molecule has 0 radical (unpaired) electrons. The van der Waals surface area contributed by atoms with Gasteiger partial charge in [-0.15, -0.1) is 0 Å². The third-order valence-electron chi connectivity index (χ3n) is 1.96. The first kappa shape index (κ1) is 12.8. The van der Waals surface area contributed by atoms with Crippen molar-refractivity contribution < 1.29 is 14.4 Å². The lowest BCUT2D eigenvalue weighted by molar-refractivity contribution is -0.134. The van der Waals surface area contributed by atoms with E-state index >= 15 is 0 Å². The molecule has 0 aromatic heterocycles. The average Bonchev–Trinajstić information content (AvgIpc) is 2.61. The van der Waals surface area contributed by atoms with Gasteiger partial charge >= 0.3 is 0 Å². The van der Waals surface area contributed by atoms with Gasteiger partial charge in [-0.2, -0.15) is 0 Å². The first-order valence-corrected chi connectivity index (χ1v) is 4.95. The summed E-state index contributed by atoms with van der Waals surface area (Å²) in [6.07, 6.45) is 1.20. The lowest BCUT2D eigenvalue weighted by atomic mass is 10.2. The monoisotopic (exact) mass is 199 g/mol. The van der Waals surface area contributed by atoms with Crippen LogP contribution in [-0.2, 0) is 14.4 Å². The van der Waals surface area contributed by atoms with E-state index in [9.17, 15) is 14.4 Å². The van der Waals surface area contributed by atoms with Crippen LogP contribution in [0, 0.1) is 0 Å². The molecule has 0 spiro atoms. The molecule has 4 heteroatoms. The van der Waals surface area contributed by atoms with Crippen molar-refractivity contribution in [3.8, 4) is 0 Å². The summed E-state index contributed by atoms with van der Waals surface area (Å²) in [6, 6.07) is -0.509. The average molecular weight is 199 g/mol. The van der Waals surface area contributed by atoms with Gasteiger partial charge in [-0.25, -0.2) is 0 Å². The molecule has 14 heavy (non-hydrogen) atoms. The summed E-state index contributed by atoms with van der Waals surface area (Å²) in [5.74, 6) is -0.160. The first-order valence-electron chi connectivity index (χ1n) is 4.95. The number of ketones is 1. The van der Waals surface area contributed by atoms with E-state index in [1.54, 1.807) is 6.92 Å². The molecule has 1 aliphatic heterocycles. The highest BCUT2D eigenvalue weighted by molar-refractivity contribution is 5.94. The van der Waals surface area contributed by atoms with Crippen molar-refractivity contribution in [2.24, 2.45) is 0 Å². The summed E-state index contributed by atoms with van der Waals surface area (Å²) in [6.45, 7) is 5.82. The molecule has 1 heterocycles. The van der Waals surface area contributed by atoms with Crippen molar-refractivity contribution in [1.82, 2.24) is 4.90 Å². The van der Waals surface area contributed by atoms with Gasteiger partial charge in [-0.1, -0.05) is 20.8 Å². The molecule has 0 saturated carbocycles. The van der Waals surface area contributed by atoms with Crippen molar-refractivity contribution in [3.63, 3.8) is 0 Å². The first-order chi connectivity index (χ1) is 6.69. The molecule has 1 fully saturated rings. The van der Waals surface area contributed by atoms with Crippen LogP contribution in [0.5, 0.6) is 0 Å². The highest BCUT2D eigenvalue weighted by Gasteiger charge is 2.32. The predicted octanol–water partition coefficient (Wildman–Crippen LogP) is 0.792. The Balaban J connectivity index is 0.000000791. The Labute approximate surface area is 84.3 Å². The van der Waals surface area contributed by atoms with E-state index < -0.39 is 6.04 Å². The molecule has 1 amide bonds. The fraction of sp³-hybridized carbons (Fsp3) is 0.700. The maximum absolute atomic E-state index is 11.1. The van der Waals surface area contributed by atoms with E-state index in [4.69, 9.17) is 0 Å². The molecule has 80 valence electrons. The van der Waals surface area contributed by atoms with E-state index in [-0.39, 0.29) is 24.7 Å². The summed E-state index contributed by atoms with van der Waals surface area (Å²) >= 11 is 0. The SMILES string of the molecule is CC.CCC(=O)N1CC(=O)C[C@H]1C=O. The number of rotatable bonds is 2. The van der Waals surface area contributed by atoms with Gasteiger partial charge in [0.25, 0.3) is 0 Å². The van der Waals surface area contributed by atoms with Gasteiger partial charge in [0.1, 0.15) is 6.29 Å². The summed E-state index contributed by atoms with van der Waals surface area (Å²) < 4.78 is 0. The predicted molar refractivity (Wildman–Crippen MR) is 52.8 cm³/mol. The van der Waals surface area contributed by atoms with Crippen molar-refractivity contribution in [3.05, 3.63) is 0 Å². The number of aldehydes is 1. The van der Waals surface area contributed by atoms with E-state index in [0.29, 0.717) is 12.7 Å². The van der Waals surface area contributed by atoms with Crippen LogP contribution in [0.25, 0.3) is 0 Å². The minimum Gasteiger partial charge on any atom is -0.325 e. The van der Waals surface area contributed by atoms with E-state index in [1.807, 2.05) is 13.8 Å². The van der Waals surface area contributed by atoms with Crippen LogP contribution >= 0.6 is 0 Å². The highest BCUT2D eigenvalue weighted by Crippen LogP contribution is 2.13. The standard InChI is InChI=1S/C8H11NO3.C2H6/c1-2-8(12)9-4-7(11)3-6(9)5-10;1-2/h5-6H,2-4H2,1H3;1-2H3/t6-;/m0./s1. The van der Waals surface area contributed by atoms with Gasteiger partial charge in [-0.05, 0) is 0 Å². The number of carbonyl (C=O) groups is 3. The van der Waals surface area contributed by atoms with E-state index in [2.05, 4.69) is 0 Å².